The fourth-order valence-corrected chi connectivity index (χ4v) is 3.44. The Kier molecular flexibility index (Phi) is 7.29. The number of benzene rings is 2. The van der Waals surface area contributed by atoms with Gasteiger partial charge in [-0.25, -0.2) is 4.68 Å². The lowest BCUT2D eigenvalue weighted by Crippen LogP contribution is -2.35. The Morgan fingerprint density at radius 1 is 1.03 bits per heavy atom. The molecule has 0 aliphatic rings. The van der Waals surface area contributed by atoms with Gasteiger partial charge in [-0.1, -0.05) is 44.5 Å². The van der Waals surface area contributed by atoms with Gasteiger partial charge in [0, 0.05) is 18.5 Å². The molecule has 1 heterocycles. The topological polar surface area (TPSA) is 85.7 Å². The molecule has 2 amide bonds. The highest BCUT2D eigenvalue weighted by atomic mass is 16.5. The van der Waals surface area contributed by atoms with Crippen molar-refractivity contribution >= 4 is 17.6 Å². The van der Waals surface area contributed by atoms with Gasteiger partial charge >= 0.3 is 0 Å². The molecule has 8 heteroatoms. The number of aryl methyl sites for hydroxylation is 1. The van der Waals surface area contributed by atoms with E-state index in [1.54, 1.807) is 29.9 Å². The summed E-state index contributed by atoms with van der Waals surface area (Å²) >= 11 is 0. The van der Waals surface area contributed by atoms with Crippen molar-refractivity contribution in [2.45, 2.75) is 33.1 Å². The number of carbonyl (C=O) groups excluding carboxylic acids is 2. The summed E-state index contributed by atoms with van der Waals surface area (Å²) in [6.07, 6.45) is 0. The van der Waals surface area contributed by atoms with Crippen LogP contribution in [0.25, 0.3) is 5.69 Å². The van der Waals surface area contributed by atoms with Crippen LogP contribution in [0.2, 0.25) is 0 Å². The minimum Gasteiger partial charge on any atom is -0.496 e. The third-order valence-electron chi connectivity index (χ3n) is 5.39. The highest BCUT2D eigenvalue weighted by Crippen LogP contribution is 2.30. The average molecular weight is 465 g/mol. The third-order valence-corrected chi connectivity index (χ3v) is 5.39. The summed E-state index contributed by atoms with van der Waals surface area (Å²) < 4.78 is 12.4. The lowest BCUT2D eigenvalue weighted by molar-refractivity contribution is -0.116. The molecule has 0 saturated carbocycles. The molecular weight excluding hydrogens is 432 g/mol. The van der Waals surface area contributed by atoms with Gasteiger partial charge in [-0.3, -0.25) is 9.59 Å². The minimum absolute atomic E-state index is 0.163. The van der Waals surface area contributed by atoms with E-state index in [1.165, 1.54) is 19.1 Å². The Labute approximate surface area is 200 Å². The summed E-state index contributed by atoms with van der Waals surface area (Å²) in [7, 11) is 4.53. The van der Waals surface area contributed by atoms with E-state index >= 15 is 0 Å². The molecular formula is C26H32N4O4. The third kappa shape index (κ3) is 5.39. The van der Waals surface area contributed by atoms with E-state index in [-0.39, 0.29) is 29.3 Å². The summed E-state index contributed by atoms with van der Waals surface area (Å²) in [6.45, 7) is 8.04. The van der Waals surface area contributed by atoms with Gasteiger partial charge in [-0.05, 0) is 31.2 Å². The van der Waals surface area contributed by atoms with Gasteiger partial charge in [-0.15, -0.1) is 0 Å². The lowest BCUT2D eigenvalue weighted by atomic mass is 9.92. The quantitative estimate of drug-likeness (QED) is 0.566. The largest absolute Gasteiger partial charge is 0.496 e. The van der Waals surface area contributed by atoms with Crippen LogP contribution in [0.1, 0.15) is 42.4 Å². The number of carbonyl (C=O) groups is 2. The van der Waals surface area contributed by atoms with Crippen molar-refractivity contribution in [3.63, 3.8) is 0 Å². The van der Waals surface area contributed by atoms with Crippen LogP contribution < -0.4 is 14.8 Å². The number of hydrogen-bond donors (Lipinski definition) is 1. The Bertz CT molecular complexity index is 1150. The van der Waals surface area contributed by atoms with Crippen molar-refractivity contribution in [1.82, 2.24) is 14.7 Å². The van der Waals surface area contributed by atoms with Crippen LogP contribution in [0.15, 0.2) is 48.5 Å². The fraction of sp³-hybridized carbons (Fsp3) is 0.346. The summed E-state index contributed by atoms with van der Waals surface area (Å²) in [5, 5.41) is 7.65. The molecule has 180 valence electrons. The zero-order chi connectivity index (χ0) is 25.0. The Morgan fingerprint density at radius 2 is 1.62 bits per heavy atom. The number of likely N-dealkylation sites (N-methyl/N-ethyl adjacent to an activating group) is 1. The van der Waals surface area contributed by atoms with E-state index in [2.05, 4.69) is 26.1 Å². The first-order chi connectivity index (χ1) is 16.0. The fourth-order valence-electron chi connectivity index (χ4n) is 3.44. The van der Waals surface area contributed by atoms with E-state index in [9.17, 15) is 9.59 Å². The van der Waals surface area contributed by atoms with Crippen LogP contribution in [-0.4, -0.2) is 54.3 Å². The highest BCUT2D eigenvalue weighted by Gasteiger charge is 2.25. The van der Waals surface area contributed by atoms with Crippen LogP contribution in [0, 0.1) is 6.92 Å². The summed E-state index contributed by atoms with van der Waals surface area (Å²) in [4.78, 5) is 27.4. The second-order valence-corrected chi connectivity index (χ2v) is 9.16. The summed E-state index contributed by atoms with van der Waals surface area (Å²) in [5.41, 5.74) is 2.86. The van der Waals surface area contributed by atoms with E-state index in [0.29, 0.717) is 17.3 Å². The van der Waals surface area contributed by atoms with Gasteiger partial charge in [0.1, 0.15) is 22.9 Å². The molecule has 1 N–H and O–H groups in total. The minimum atomic E-state index is -0.383. The van der Waals surface area contributed by atoms with Crippen LogP contribution in [0.4, 0.5) is 5.82 Å². The van der Waals surface area contributed by atoms with E-state index in [4.69, 9.17) is 14.6 Å². The van der Waals surface area contributed by atoms with Gasteiger partial charge in [0.2, 0.25) is 5.91 Å². The Morgan fingerprint density at radius 3 is 2.15 bits per heavy atom. The van der Waals surface area contributed by atoms with E-state index < -0.39 is 0 Å². The molecule has 0 aliphatic heterocycles. The Balaban J connectivity index is 1.84. The summed E-state index contributed by atoms with van der Waals surface area (Å²) in [5.74, 6) is 0.563. The molecule has 1 aromatic heterocycles. The number of anilines is 1. The van der Waals surface area contributed by atoms with Crippen molar-refractivity contribution in [2.24, 2.45) is 0 Å². The second kappa shape index (κ2) is 9.99. The molecule has 0 fully saturated rings. The number of nitrogens with zero attached hydrogens (tertiary/aromatic N) is 3. The van der Waals surface area contributed by atoms with Crippen molar-refractivity contribution in [3.05, 3.63) is 65.4 Å². The van der Waals surface area contributed by atoms with E-state index in [0.717, 1.165) is 16.9 Å². The number of ether oxygens (including phenoxy) is 2. The normalized spacial score (nSPS) is 11.1. The van der Waals surface area contributed by atoms with E-state index in [1.807, 2.05) is 37.3 Å². The summed E-state index contributed by atoms with van der Waals surface area (Å²) in [6, 6.07) is 14.8. The van der Waals surface area contributed by atoms with Gasteiger partial charge in [0.25, 0.3) is 5.91 Å². The standard InChI is InChI=1S/C26H32N4O4/c1-17-11-13-18(14-12-17)30-22(15-21(28-30)26(2,3)4)27-23(31)16-29(5)25(32)24-19(33-6)9-8-10-20(24)34-7/h8-15H,16H2,1-7H3,(H,27,31). The first kappa shape index (κ1) is 24.8. The molecule has 8 nitrogen and oxygen atoms in total. The maximum absolute atomic E-state index is 13.1. The van der Waals surface area contributed by atoms with Crippen LogP contribution in [0.5, 0.6) is 11.5 Å². The molecule has 2 aromatic carbocycles. The zero-order valence-corrected chi connectivity index (χ0v) is 20.8. The van der Waals surface area contributed by atoms with Gasteiger partial charge in [-0.2, -0.15) is 5.10 Å². The predicted molar refractivity (Wildman–Crippen MR) is 132 cm³/mol. The lowest BCUT2D eigenvalue weighted by Gasteiger charge is -2.20. The van der Waals surface area contributed by atoms with Crippen LogP contribution >= 0.6 is 0 Å². The van der Waals surface area contributed by atoms with Gasteiger partial charge in [0.05, 0.1) is 32.1 Å². The second-order valence-electron chi connectivity index (χ2n) is 9.16. The molecule has 0 atom stereocenters. The molecule has 0 bridgehead atoms. The smallest absolute Gasteiger partial charge is 0.261 e. The van der Waals surface area contributed by atoms with Gasteiger partial charge < -0.3 is 19.7 Å². The molecule has 34 heavy (non-hydrogen) atoms. The van der Waals surface area contributed by atoms with Crippen LogP contribution in [-0.2, 0) is 10.2 Å². The van der Waals surface area contributed by atoms with Crippen molar-refractivity contribution < 1.29 is 19.1 Å². The Hall–Kier alpha value is -3.81. The van der Waals surface area contributed by atoms with Gasteiger partial charge in [0.15, 0.2) is 0 Å². The first-order valence-corrected chi connectivity index (χ1v) is 11.0. The SMILES string of the molecule is COc1cccc(OC)c1C(=O)N(C)CC(=O)Nc1cc(C(C)(C)C)nn1-c1ccc(C)cc1. The highest BCUT2D eigenvalue weighted by molar-refractivity contribution is 6.02. The van der Waals surface area contributed by atoms with Crippen LogP contribution in [0.3, 0.4) is 0 Å². The van der Waals surface area contributed by atoms with Crippen molar-refractivity contribution in [1.29, 1.82) is 0 Å². The molecule has 3 aromatic rings. The first-order valence-electron chi connectivity index (χ1n) is 11.0. The number of methoxy groups -OCH3 is 2. The average Bonchev–Trinajstić information content (AvgIpc) is 3.22. The predicted octanol–water partition coefficient (Wildman–Crippen LogP) is 4.21. The number of amides is 2. The number of nitrogens with one attached hydrogen (secondary N) is 1. The molecule has 3 rings (SSSR count). The molecule has 0 radical (unpaired) electrons. The molecule has 0 unspecified atom stereocenters. The number of rotatable bonds is 7. The van der Waals surface area contributed by atoms with Crippen molar-refractivity contribution in [3.8, 4) is 17.2 Å². The maximum atomic E-state index is 13.1. The molecule has 0 saturated heterocycles. The number of aromatic nitrogens is 2. The molecule has 0 aliphatic carbocycles. The molecule has 0 spiro atoms. The number of hydrogen-bond acceptors (Lipinski definition) is 5. The zero-order valence-electron chi connectivity index (χ0n) is 20.8. The monoisotopic (exact) mass is 464 g/mol. The van der Waals surface area contributed by atoms with Crippen molar-refractivity contribution in [2.75, 3.05) is 33.1 Å². The maximum Gasteiger partial charge on any atom is 0.261 e.